The third-order valence-electron chi connectivity index (χ3n) is 4.21. The number of benzene rings is 2. The lowest BCUT2D eigenvalue weighted by Crippen LogP contribution is -2.39. The average Bonchev–Trinajstić information content (AvgIpc) is 2.92. The van der Waals surface area contributed by atoms with E-state index >= 15 is 0 Å². The van der Waals surface area contributed by atoms with Crippen LogP contribution in [-0.2, 0) is 11.3 Å². The maximum Gasteiger partial charge on any atom is 0.321 e. The Hall–Kier alpha value is -3.48. The number of carbonyl (C=O) groups excluding carboxylic acids is 4. The van der Waals surface area contributed by atoms with Crippen molar-refractivity contribution in [2.24, 2.45) is 0 Å². The molecule has 1 aliphatic heterocycles. The van der Waals surface area contributed by atoms with Gasteiger partial charge in [-0.3, -0.25) is 24.6 Å². The van der Waals surface area contributed by atoms with Crippen LogP contribution in [0.3, 0.4) is 0 Å². The smallest absolute Gasteiger partial charge is 0.321 e. The molecule has 1 heterocycles. The Morgan fingerprint density at radius 2 is 1.44 bits per heavy atom. The van der Waals surface area contributed by atoms with Gasteiger partial charge in [0.1, 0.15) is 0 Å². The summed E-state index contributed by atoms with van der Waals surface area (Å²) in [6.07, 6.45) is 0.315. The number of fused-ring (bicyclic) bond motifs is 1. The first kappa shape index (κ1) is 18.3. The fraction of sp³-hybridized carbons (Fsp3) is 0.200. The van der Waals surface area contributed by atoms with Crippen LogP contribution in [0.15, 0.2) is 54.6 Å². The van der Waals surface area contributed by atoms with Crippen molar-refractivity contribution in [3.05, 3.63) is 71.3 Å². The minimum atomic E-state index is -0.579. The van der Waals surface area contributed by atoms with Crippen LogP contribution < -0.4 is 10.6 Å². The lowest BCUT2D eigenvalue weighted by atomic mass is 10.1. The standard InChI is InChI=1S/C20H19N3O4/c24-17(22-20(27)21-13-14-7-2-1-3-8-14)11-6-12-23-18(25)15-9-4-5-10-16(15)19(23)26/h1-5,7-10H,6,11-13H2,(H2,21,22,24,27). The van der Waals surface area contributed by atoms with Gasteiger partial charge in [-0.05, 0) is 24.1 Å². The summed E-state index contributed by atoms with van der Waals surface area (Å²) in [5, 5.41) is 4.84. The summed E-state index contributed by atoms with van der Waals surface area (Å²) in [6, 6.07) is 15.4. The summed E-state index contributed by atoms with van der Waals surface area (Å²) in [5.41, 5.74) is 1.69. The van der Waals surface area contributed by atoms with E-state index in [0.717, 1.165) is 10.5 Å². The van der Waals surface area contributed by atoms with Crippen LogP contribution >= 0.6 is 0 Å². The fourth-order valence-electron chi connectivity index (χ4n) is 2.85. The van der Waals surface area contributed by atoms with Gasteiger partial charge in [0.25, 0.3) is 11.8 Å². The van der Waals surface area contributed by atoms with Crippen molar-refractivity contribution in [1.82, 2.24) is 15.5 Å². The van der Waals surface area contributed by atoms with E-state index in [2.05, 4.69) is 10.6 Å². The minimum absolute atomic E-state index is 0.0339. The number of amides is 5. The van der Waals surface area contributed by atoms with E-state index in [1.807, 2.05) is 30.3 Å². The first-order valence-corrected chi connectivity index (χ1v) is 8.63. The van der Waals surface area contributed by atoms with Crippen molar-refractivity contribution in [2.75, 3.05) is 6.54 Å². The number of rotatable bonds is 6. The van der Waals surface area contributed by atoms with Gasteiger partial charge in [-0.15, -0.1) is 0 Å². The summed E-state index contributed by atoms with van der Waals surface area (Å²) in [6.45, 7) is 0.445. The van der Waals surface area contributed by atoms with Crippen molar-refractivity contribution in [3.63, 3.8) is 0 Å². The molecule has 0 radical (unpaired) electrons. The molecule has 2 aromatic carbocycles. The molecule has 7 nitrogen and oxygen atoms in total. The number of urea groups is 1. The van der Waals surface area contributed by atoms with Crippen LogP contribution in [0.5, 0.6) is 0 Å². The maximum atomic E-state index is 12.2. The number of carbonyl (C=O) groups is 4. The highest BCUT2D eigenvalue weighted by Gasteiger charge is 2.34. The van der Waals surface area contributed by atoms with Gasteiger partial charge in [0.15, 0.2) is 0 Å². The summed E-state index contributed by atoms with van der Waals surface area (Å²) < 4.78 is 0. The summed E-state index contributed by atoms with van der Waals surface area (Å²) in [4.78, 5) is 49.2. The number of nitrogens with one attached hydrogen (secondary N) is 2. The van der Waals surface area contributed by atoms with Gasteiger partial charge in [0.2, 0.25) is 5.91 Å². The minimum Gasteiger partial charge on any atom is -0.334 e. The normalized spacial score (nSPS) is 12.7. The van der Waals surface area contributed by atoms with E-state index in [-0.39, 0.29) is 31.2 Å². The van der Waals surface area contributed by atoms with Gasteiger partial charge in [-0.2, -0.15) is 0 Å². The second-order valence-corrected chi connectivity index (χ2v) is 6.13. The molecular formula is C20H19N3O4. The molecule has 0 unspecified atom stereocenters. The molecule has 2 aromatic rings. The van der Waals surface area contributed by atoms with Gasteiger partial charge in [0, 0.05) is 19.5 Å². The zero-order valence-corrected chi connectivity index (χ0v) is 14.6. The van der Waals surface area contributed by atoms with Gasteiger partial charge >= 0.3 is 6.03 Å². The molecule has 0 aromatic heterocycles. The highest BCUT2D eigenvalue weighted by Crippen LogP contribution is 2.22. The van der Waals surface area contributed by atoms with E-state index in [1.54, 1.807) is 24.3 Å². The predicted molar refractivity (Wildman–Crippen MR) is 97.9 cm³/mol. The largest absolute Gasteiger partial charge is 0.334 e. The van der Waals surface area contributed by atoms with E-state index in [4.69, 9.17) is 0 Å². The second kappa shape index (κ2) is 8.27. The Kier molecular flexibility index (Phi) is 5.61. The monoisotopic (exact) mass is 365 g/mol. The molecule has 0 bridgehead atoms. The summed E-state index contributed by atoms with van der Waals surface area (Å²) >= 11 is 0. The molecule has 27 heavy (non-hydrogen) atoms. The molecule has 0 atom stereocenters. The first-order valence-electron chi connectivity index (χ1n) is 8.63. The Bertz CT molecular complexity index is 845. The van der Waals surface area contributed by atoms with Gasteiger partial charge in [0.05, 0.1) is 11.1 Å². The van der Waals surface area contributed by atoms with Crippen molar-refractivity contribution in [1.29, 1.82) is 0 Å². The molecule has 7 heteroatoms. The predicted octanol–water partition coefficient (Wildman–Crippen LogP) is 2.09. The molecule has 0 saturated heterocycles. The molecule has 0 spiro atoms. The van der Waals surface area contributed by atoms with E-state index < -0.39 is 11.9 Å². The van der Waals surface area contributed by atoms with Crippen LogP contribution in [0.25, 0.3) is 0 Å². The Morgan fingerprint density at radius 1 is 0.852 bits per heavy atom. The third-order valence-corrected chi connectivity index (χ3v) is 4.21. The first-order chi connectivity index (χ1) is 13.1. The zero-order valence-electron chi connectivity index (χ0n) is 14.6. The van der Waals surface area contributed by atoms with Crippen molar-refractivity contribution < 1.29 is 19.2 Å². The van der Waals surface area contributed by atoms with Crippen molar-refractivity contribution in [3.8, 4) is 0 Å². The maximum absolute atomic E-state index is 12.2. The fourth-order valence-corrected chi connectivity index (χ4v) is 2.85. The topological polar surface area (TPSA) is 95.6 Å². The average molecular weight is 365 g/mol. The zero-order chi connectivity index (χ0) is 19.2. The molecule has 138 valence electrons. The molecule has 3 rings (SSSR count). The van der Waals surface area contributed by atoms with Crippen LogP contribution in [-0.4, -0.2) is 35.2 Å². The molecule has 0 aliphatic carbocycles. The summed E-state index contributed by atoms with van der Waals surface area (Å²) in [7, 11) is 0. The number of hydrogen-bond acceptors (Lipinski definition) is 4. The molecule has 1 aliphatic rings. The van der Waals surface area contributed by atoms with Crippen molar-refractivity contribution in [2.45, 2.75) is 19.4 Å². The van der Waals surface area contributed by atoms with Gasteiger partial charge < -0.3 is 5.32 Å². The molecular weight excluding hydrogens is 346 g/mol. The Balaban J connectivity index is 1.40. The lowest BCUT2D eigenvalue weighted by molar-refractivity contribution is -0.120. The van der Waals surface area contributed by atoms with Crippen LogP contribution in [0, 0.1) is 0 Å². The highest BCUT2D eigenvalue weighted by atomic mass is 16.2. The lowest BCUT2D eigenvalue weighted by Gasteiger charge is -2.13. The third kappa shape index (κ3) is 4.38. The number of nitrogens with zero attached hydrogens (tertiary/aromatic N) is 1. The number of hydrogen-bond donors (Lipinski definition) is 2. The van der Waals surface area contributed by atoms with Crippen molar-refractivity contribution >= 4 is 23.8 Å². The second-order valence-electron chi connectivity index (χ2n) is 6.13. The molecule has 0 saturated carbocycles. The highest BCUT2D eigenvalue weighted by molar-refractivity contribution is 6.21. The van der Waals surface area contributed by atoms with E-state index in [0.29, 0.717) is 17.7 Å². The Morgan fingerprint density at radius 3 is 2.07 bits per heavy atom. The van der Waals surface area contributed by atoms with Gasteiger partial charge in [-0.25, -0.2) is 4.79 Å². The molecule has 5 amide bonds. The van der Waals surface area contributed by atoms with Crippen LogP contribution in [0.4, 0.5) is 4.79 Å². The van der Waals surface area contributed by atoms with E-state index in [1.165, 1.54) is 0 Å². The molecule has 2 N–H and O–H groups in total. The Labute approximate surface area is 156 Å². The van der Waals surface area contributed by atoms with Gasteiger partial charge in [-0.1, -0.05) is 42.5 Å². The SMILES string of the molecule is O=C(CCCN1C(=O)c2ccccc2C1=O)NC(=O)NCc1ccccc1. The van der Waals surface area contributed by atoms with Crippen LogP contribution in [0.2, 0.25) is 0 Å². The molecule has 0 fully saturated rings. The number of imide groups is 2. The summed E-state index contributed by atoms with van der Waals surface area (Å²) in [5.74, 6) is -1.16. The van der Waals surface area contributed by atoms with Crippen LogP contribution in [0.1, 0.15) is 39.1 Å². The van der Waals surface area contributed by atoms with E-state index in [9.17, 15) is 19.2 Å². The quantitative estimate of drug-likeness (QED) is 0.766.